The third kappa shape index (κ3) is 3.22. The lowest BCUT2D eigenvalue weighted by Crippen LogP contribution is -2.16. The van der Waals surface area contributed by atoms with E-state index in [0.29, 0.717) is 0 Å². The second kappa shape index (κ2) is 5.70. The number of nitrogens with zero attached hydrogens (tertiary/aromatic N) is 1. The summed E-state index contributed by atoms with van der Waals surface area (Å²) in [6, 6.07) is 7.02. The van der Waals surface area contributed by atoms with E-state index in [2.05, 4.69) is 10.3 Å². The number of hydrogen-bond acceptors (Lipinski definition) is 3. The van der Waals surface area contributed by atoms with Gasteiger partial charge in [-0.1, -0.05) is 6.07 Å². The van der Waals surface area contributed by atoms with Crippen LogP contribution in [0.25, 0.3) is 0 Å². The molecule has 1 heterocycles. The molecule has 0 spiro atoms. The van der Waals surface area contributed by atoms with Gasteiger partial charge in [-0.25, -0.2) is 14.2 Å². The van der Waals surface area contributed by atoms with Crippen molar-refractivity contribution in [2.45, 2.75) is 13.8 Å². The van der Waals surface area contributed by atoms with Crippen molar-refractivity contribution in [3.8, 4) is 0 Å². The Hall–Kier alpha value is -2.76. The Balaban J connectivity index is 2.24. The summed E-state index contributed by atoms with van der Waals surface area (Å²) in [5, 5.41) is 11.3. The van der Waals surface area contributed by atoms with Crippen molar-refractivity contribution in [3.63, 3.8) is 0 Å². The number of carboxylic acid groups (broad SMARTS) is 1. The summed E-state index contributed by atoms with van der Waals surface area (Å²) in [5.41, 5.74) is 1.06. The highest BCUT2D eigenvalue weighted by molar-refractivity contribution is 6.03. The van der Waals surface area contributed by atoms with E-state index >= 15 is 0 Å². The number of hydrogen-bond donors (Lipinski definition) is 2. The zero-order valence-corrected chi connectivity index (χ0v) is 11.5. The number of aryl methyl sites for hydroxylation is 2. The minimum Gasteiger partial charge on any atom is -0.478 e. The summed E-state index contributed by atoms with van der Waals surface area (Å²) >= 11 is 0. The van der Waals surface area contributed by atoms with Gasteiger partial charge in [0.25, 0.3) is 5.91 Å². The van der Waals surface area contributed by atoms with Crippen LogP contribution in [0.15, 0.2) is 30.3 Å². The molecule has 0 atom stereocenters. The maximum absolute atomic E-state index is 13.7. The van der Waals surface area contributed by atoms with Crippen molar-refractivity contribution in [1.82, 2.24) is 4.98 Å². The van der Waals surface area contributed by atoms with Crippen LogP contribution in [0.2, 0.25) is 0 Å². The fourth-order valence-electron chi connectivity index (χ4n) is 1.82. The second-order valence-corrected chi connectivity index (χ2v) is 4.57. The van der Waals surface area contributed by atoms with Crippen molar-refractivity contribution >= 4 is 17.6 Å². The maximum atomic E-state index is 13.7. The molecule has 0 fully saturated rings. The van der Waals surface area contributed by atoms with Gasteiger partial charge in [-0.05, 0) is 43.7 Å². The molecule has 0 bridgehead atoms. The number of benzene rings is 1. The Morgan fingerprint density at radius 3 is 2.48 bits per heavy atom. The largest absolute Gasteiger partial charge is 0.478 e. The van der Waals surface area contributed by atoms with Crippen LogP contribution in [0.4, 0.5) is 10.1 Å². The van der Waals surface area contributed by atoms with E-state index in [1.54, 1.807) is 13.0 Å². The molecule has 108 valence electrons. The van der Waals surface area contributed by atoms with Gasteiger partial charge in [0.2, 0.25) is 0 Å². The number of aromatic nitrogens is 1. The van der Waals surface area contributed by atoms with Crippen molar-refractivity contribution in [2.75, 3.05) is 5.32 Å². The van der Waals surface area contributed by atoms with Crippen LogP contribution in [0.1, 0.15) is 32.1 Å². The number of nitrogens with one attached hydrogen (secondary N) is 1. The topological polar surface area (TPSA) is 79.3 Å². The number of pyridine rings is 1. The Morgan fingerprint density at radius 2 is 1.90 bits per heavy atom. The van der Waals surface area contributed by atoms with Gasteiger partial charge >= 0.3 is 5.97 Å². The standard InChI is InChI=1S/C15H13FN2O3/c1-8-3-5-12(11(16)7-8)18-14(19)13-6-4-10(15(20)21)9(2)17-13/h3-7H,1-2H3,(H,18,19)(H,20,21). The van der Waals surface area contributed by atoms with Crippen molar-refractivity contribution in [1.29, 1.82) is 0 Å². The molecule has 2 N–H and O–H groups in total. The van der Waals surface area contributed by atoms with Gasteiger partial charge in [0.15, 0.2) is 0 Å². The SMILES string of the molecule is Cc1ccc(NC(=O)c2ccc(C(=O)O)c(C)n2)c(F)c1. The van der Waals surface area contributed by atoms with Crippen LogP contribution < -0.4 is 5.32 Å². The molecule has 1 aromatic heterocycles. The average Bonchev–Trinajstić information content (AvgIpc) is 2.41. The third-order valence-electron chi connectivity index (χ3n) is 2.92. The smallest absolute Gasteiger partial charge is 0.337 e. The summed E-state index contributed by atoms with van der Waals surface area (Å²) in [7, 11) is 0. The van der Waals surface area contributed by atoms with Gasteiger partial charge < -0.3 is 10.4 Å². The molecule has 2 aromatic rings. The summed E-state index contributed by atoms with van der Waals surface area (Å²) in [6.45, 7) is 3.23. The average molecular weight is 288 g/mol. The van der Waals surface area contributed by atoms with Gasteiger partial charge in [0.1, 0.15) is 11.5 Å². The van der Waals surface area contributed by atoms with Crippen LogP contribution in [-0.4, -0.2) is 22.0 Å². The number of carboxylic acids is 1. The first-order valence-electron chi connectivity index (χ1n) is 6.17. The number of aromatic carboxylic acids is 1. The molecule has 0 saturated carbocycles. The number of carbonyl (C=O) groups is 2. The molecule has 2 rings (SSSR count). The Kier molecular flexibility index (Phi) is 3.98. The van der Waals surface area contributed by atoms with E-state index in [4.69, 9.17) is 5.11 Å². The second-order valence-electron chi connectivity index (χ2n) is 4.57. The zero-order valence-electron chi connectivity index (χ0n) is 11.5. The molecular weight excluding hydrogens is 275 g/mol. The predicted molar refractivity (Wildman–Crippen MR) is 75.0 cm³/mol. The molecule has 0 aliphatic heterocycles. The van der Waals surface area contributed by atoms with Gasteiger partial charge in [-0.15, -0.1) is 0 Å². The molecule has 21 heavy (non-hydrogen) atoms. The number of halogens is 1. The van der Waals surface area contributed by atoms with Gasteiger partial charge in [0, 0.05) is 0 Å². The Labute approximate surface area is 120 Å². The first-order chi connectivity index (χ1) is 9.88. The predicted octanol–water partition coefficient (Wildman–Crippen LogP) is 2.79. The summed E-state index contributed by atoms with van der Waals surface area (Å²) in [6.07, 6.45) is 0. The molecule has 6 heteroatoms. The first kappa shape index (κ1) is 14.6. The highest BCUT2D eigenvalue weighted by Gasteiger charge is 2.14. The maximum Gasteiger partial charge on any atom is 0.337 e. The highest BCUT2D eigenvalue weighted by Crippen LogP contribution is 2.16. The lowest BCUT2D eigenvalue weighted by atomic mass is 10.1. The molecule has 0 aliphatic rings. The number of rotatable bonds is 3. The van der Waals surface area contributed by atoms with Crippen LogP contribution in [0, 0.1) is 19.7 Å². The van der Waals surface area contributed by atoms with Crippen molar-refractivity contribution in [2.24, 2.45) is 0 Å². The number of anilines is 1. The van der Waals surface area contributed by atoms with E-state index in [9.17, 15) is 14.0 Å². The molecule has 0 aliphatic carbocycles. The fourth-order valence-corrected chi connectivity index (χ4v) is 1.82. The summed E-state index contributed by atoms with van der Waals surface area (Å²) in [5.74, 6) is -2.25. The monoisotopic (exact) mass is 288 g/mol. The van der Waals surface area contributed by atoms with Crippen LogP contribution in [0.5, 0.6) is 0 Å². The molecule has 1 amide bonds. The van der Waals surface area contributed by atoms with E-state index in [1.807, 2.05) is 0 Å². The molecule has 0 unspecified atom stereocenters. The van der Waals surface area contributed by atoms with Crippen LogP contribution >= 0.6 is 0 Å². The Bertz CT molecular complexity index is 729. The highest BCUT2D eigenvalue weighted by atomic mass is 19.1. The van der Waals surface area contributed by atoms with Crippen molar-refractivity contribution in [3.05, 3.63) is 58.7 Å². The van der Waals surface area contributed by atoms with Crippen LogP contribution in [0.3, 0.4) is 0 Å². The molecule has 0 saturated heterocycles. The lowest BCUT2D eigenvalue weighted by molar-refractivity contribution is 0.0695. The fraction of sp³-hybridized carbons (Fsp3) is 0.133. The molecule has 5 nitrogen and oxygen atoms in total. The first-order valence-corrected chi connectivity index (χ1v) is 6.17. The lowest BCUT2D eigenvalue weighted by Gasteiger charge is -2.08. The number of amides is 1. The minimum atomic E-state index is -1.11. The zero-order chi connectivity index (χ0) is 15.6. The van der Waals surface area contributed by atoms with E-state index in [-0.39, 0.29) is 22.6 Å². The van der Waals surface area contributed by atoms with Crippen molar-refractivity contribution < 1.29 is 19.1 Å². The quantitative estimate of drug-likeness (QED) is 0.910. The van der Waals surface area contributed by atoms with Gasteiger partial charge in [0.05, 0.1) is 16.9 Å². The van der Waals surface area contributed by atoms with Gasteiger partial charge in [-0.3, -0.25) is 4.79 Å². The minimum absolute atomic E-state index is 0.0214. The van der Waals surface area contributed by atoms with E-state index in [0.717, 1.165) is 5.56 Å². The molecule has 1 aromatic carbocycles. The summed E-state index contributed by atoms with van der Waals surface area (Å²) in [4.78, 5) is 26.8. The summed E-state index contributed by atoms with van der Waals surface area (Å²) < 4.78 is 13.7. The molecule has 0 radical (unpaired) electrons. The Morgan fingerprint density at radius 1 is 1.19 bits per heavy atom. The van der Waals surface area contributed by atoms with Gasteiger partial charge in [-0.2, -0.15) is 0 Å². The third-order valence-corrected chi connectivity index (χ3v) is 2.92. The normalized spacial score (nSPS) is 10.2. The van der Waals surface area contributed by atoms with E-state index in [1.165, 1.54) is 31.2 Å². The molecular formula is C15H13FN2O3. The number of carbonyl (C=O) groups excluding carboxylic acids is 1. The van der Waals surface area contributed by atoms with E-state index < -0.39 is 17.7 Å². The van der Waals surface area contributed by atoms with Crippen LogP contribution in [-0.2, 0) is 0 Å².